The monoisotopic (exact) mass is 378 g/mol. The summed E-state index contributed by atoms with van der Waals surface area (Å²) in [7, 11) is 0. The van der Waals surface area contributed by atoms with E-state index in [0.29, 0.717) is 0 Å². The molecular weight excluding hydrogens is 360 g/mol. The number of benzene rings is 1. The Hall–Kier alpha value is -1.17. The van der Waals surface area contributed by atoms with Crippen molar-refractivity contribution in [1.29, 1.82) is 0 Å². The molecule has 0 saturated carbocycles. The third-order valence-electron chi connectivity index (χ3n) is 4.00. The highest BCUT2D eigenvalue weighted by Gasteiger charge is 2.22. The molecule has 0 radical (unpaired) electrons. The number of nitrogens with zero attached hydrogens (tertiary/aromatic N) is 2. The summed E-state index contributed by atoms with van der Waals surface area (Å²) in [6.45, 7) is 4.64. The molecular formula is C17H19BrN2OS. The molecule has 22 heavy (non-hydrogen) atoms. The van der Waals surface area contributed by atoms with Crippen LogP contribution in [0.1, 0.15) is 15.2 Å². The minimum Gasteiger partial charge on any atom is -0.335 e. The maximum atomic E-state index is 12.4. The number of rotatable bonds is 4. The number of halogens is 1. The third kappa shape index (κ3) is 3.97. The average Bonchev–Trinajstić information content (AvgIpc) is 3.00. The number of piperazine rings is 1. The molecule has 3 nitrogen and oxygen atoms in total. The van der Waals surface area contributed by atoms with Gasteiger partial charge in [-0.1, -0.05) is 30.3 Å². The fourth-order valence-electron chi connectivity index (χ4n) is 2.69. The number of amides is 1. The molecule has 5 heteroatoms. The normalized spacial score (nSPS) is 16.0. The zero-order valence-corrected chi connectivity index (χ0v) is 14.8. The van der Waals surface area contributed by atoms with Crippen molar-refractivity contribution in [3.63, 3.8) is 0 Å². The van der Waals surface area contributed by atoms with Gasteiger partial charge in [0.05, 0.1) is 8.66 Å². The molecule has 1 aliphatic rings. The first kappa shape index (κ1) is 15.7. The Labute approximate surface area is 143 Å². The van der Waals surface area contributed by atoms with E-state index in [1.165, 1.54) is 16.9 Å². The molecule has 1 aliphatic heterocycles. The lowest BCUT2D eigenvalue weighted by molar-refractivity contribution is 0.0643. The predicted octanol–water partition coefficient (Wildman–Crippen LogP) is 3.51. The summed E-state index contributed by atoms with van der Waals surface area (Å²) < 4.78 is 1.01. The van der Waals surface area contributed by atoms with Crippen LogP contribution in [0, 0.1) is 0 Å². The van der Waals surface area contributed by atoms with E-state index in [1.54, 1.807) is 0 Å². The molecule has 2 heterocycles. The molecule has 0 atom stereocenters. The van der Waals surface area contributed by atoms with E-state index in [4.69, 9.17) is 0 Å². The summed E-state index contributed by atoms with van der Waals surface area (Å²) in [5.41, 5.74) is 1.38. The third-order valence-corrected chi connectivity index (χ3v) is 5.61. The van der Waals surface area contributed by atoms with Crippen LogP contribution in [0.4, 0.5) is 0 Å². The quantitative estimate of drug-likeness (QED) is 0.812. The molecule has 1 fully saturated rings. The van der Waals surface area contributed by atoms with Crippen molar-refractivity contribution in [2.75, 3.05) is 32.7 Å². The van der Waals surface area contributed by atoms with Crippen molar-refractivity contribution in [1.82, 2.24) is 9.80 Å². The molecule has 1 aromatic carbocycles. The first-order valence-electron chi connectivity index (χ1n) is 7.53. The Morgan fingerprint density at radius 2 is 1.77 bits per heavy atom. The Morgan fingerprint density at radius 3 is 2.41 bits per heavy atom. The van der Waals surface area contributed by atoms with Crippen molar-refractivity contribution < 1.29 is 4.79 Å². The minimum atomic E-state index is 0.165. The van der Waals surface area contributed by atoms with Gasteiger partial charge in [-0.25, -0.2) is 0 Å². The van der Waals surface area contributed by atoms with Gasteiger partial charge >= 0.3 is 0 Å². The van der Waals surface area contributed by atoms with Crippen LogP contribution in [-0.4, -0.2) is 48.4 Å². The van der Waals surface area contributed by atoms with Gasteiger partial charge in [0, 0.05) is 32.7 Å². The fraction of sp³-hybridized carbons (Fsp3) is 0.353. The number of thiophene rings is 1. The van der Waals surface area contributed by atoms with Crippen LogP contribution in [0.15, 0.2) is 46.3 Å². The summed E-state index contributed by atoms with van der Waals surface area (Å²) in [5.74, 6) is 0.165. The second kappa shape index (κ2) is 7.40. The summed E-state index contributed by atoms with van der Waals surface area (Å²) >= 11 is 4.93. The van der Waals surface area contributed by atoms with Gasteiger partial charge in [0.25, 0.3) is 5.91 Å². The molecule has 116 valence electrons. The van der Waals surface area contributed by atoms with E-state index < -0.39 is 0 Å². The van der Waals surface area contributed by atoms with Crippen LogP contribution in [0.25, 0.3) is 0 Å². The van der Waals surface area contributed by atoms with Gasteiger partial charge < -0.3 is 4.90 Å². The van der Waals surface area contributed by atoms with Gasteiger partial charge in [-0.3, -0.25) is 9.69 Å². The van der Waals surface area contributed by atoms with Crippen molar-refractivity contribution >= 4 is 33.2 Å². The minimum absolute atomic E-state index is 0.165. The number of hydrogen-bond acceptors (Lipinski definition) is 3. The van der Waals surface area contributed by atoms with Gasteiger partial charge in [0.1, 0.15) is 0 Å². The van der Waals surface area contributed by atoms with Gasteiger partial charge in [-0.15, -0.1) is 11.3 Å². The average molecular weight is 379 g/mol. The molecule has 1 amide bonds. The van der Waals surface area contributed by atoms with Crippen LogP contribution in [-0.2, 0) is 6.42 Å². The number of hydrogen-bond donors (Lipinski definition) is 0. The second-order valence-electron chi connectivity index (χ2n) is 5.47. The van der Waals surface area contributed by atoms with Gasteiger partial charge in [-0.05, 0) is 40.0 Å². The Morgan fingerprint density at radius 1 is 1.05 bits per heavy atom. The molecule has 0 N–H and O–H groups in total. The maximum Gasteiger partial charge on any atom is 0.264 e. The van der Waals surface area contributed by atoms with Crippen LogP contribution in [0.2, 0.25) is 0 Å². The van der Waals surface area contributed by atoms with Crippen LogP contribution in [0.5, 0.6) is 0 Å². The molecule has 2 aromatic rings. The van der Waals surface area contributed by atoms with Gasteiger partial charge in [-0.2, -0.15) is 0 Å². The van der Waals surface area contributed by atoms with Crippen molar-refractivity contribution in [2.45, 2.75) is 6.42 Å². The van der Waals surface area contributed by atoms with Crippen molar-refractivity contribution in [3.05, 3.63) is 56.7 Å². The highest BCUT2D eigenvalue weighted by Crippen LogP contribution is 2.23. The second-order valence-corrected chi connectivity index (χ2v) is 7.94. The summed E-state index contributed by atoms with van der Waals surface area (Å²) in [6.07, 6.45) is 1.08. The van der Waals surface area contributed by atoms with Crippen molar-refractivity contribution in [3.8, 4) is 0 Å². The first-order chi connectivity index (χ1) is 10.7. The Kier molecular flexibility index (Phi) is 5.28. The highest BCUT2D eigenvalue weighted by atomic mass is 79.9. The number of carbonyl (C=O) groups is 1. The van der Waals surface area contributed by atoms with Crippen LogP contribution in [0.3, 0.4) is 0 Å². The predicted molar refractivity (Wildman–Crippen MR) is 94.5 cm³/mol. The molecule has 1 aromatic heterocycles. The van der Waals surface area contributed by atoms with Crippen LogP contribution >= 0.6 is 27.3 Å². The topological polar surface area (TPSA) is 23.6 Å². The van der Waals surface area contributed by atoms with Crippen LogP contribution < -0.4 is 0 Å². The Balaban J connectivity index is 1.47. The Bertz CT molecular complexity index is 621. The van der Waals surface area contributed by atoms with E-state index >= 15 is 0 Å². The maximum absolute atomic E-state index is 12.4. The molecule has 3 rings (SSSR count). The summed E-state index contributed by atoms with van der Waals surface area (Å²) in [5, 5.41) is 0. The zero-order valence-electron chi connectivity index (χ0n) is 12.4. The van der Waals surface area contributed by atoms with Gasteiger partial charge in [0.2, 0.25) is 0 Å². The first-order valence-corrected chi connectivity index (χ1v) is 9.14. The SMILES string of the molecule is O=C(c1ccc(Br)s1)N1CCN(CCc2ccccc2)CC1. The lowest BCUT2D eigenvalue weighted by Gasteiger charge is -2.34. The smallest absolute Gasteiger partial charge is 0.264 e. The lowest BCUT2D eigenvalue weighted by Crippen LogP contribution is -2.48. The highest BCUT2D eigenvalue weighted by molar-refractivity contribution is 9.11. The van der Waals surface area contributed by atoms with E-state index in [-0.39, 0.29) is 5.91 Å². The molecule has 0 aliphatic carbocycles. The lowest BCUT2D eigenvalue weighted by atomic mass is 10.1. The van der Waals surface area contributed by atoms with E-state index in [9.17, 15) is 4.79 Å². The summed E-state index contributed by atoms with van der Waals surface area (Å²) in [4.78, 5) is 17.6. The number of carbonyl (C=O) groups excluding carboxylic acids is 1. The van der Waals surface area contributed by atoms with E-state index in [2.05, 4.69) is 51.2 Å². The van der Waals surface area contributed by atoms with E-state index in [0.717, 1.165) is 47.8 Å². The largest absolute Gasteiger partial charge is 0.335 e. The molecule has 1 saturated heterocycles. The molecule has 0 unspecified atom stereocenters. The van der Waals surface area contributed by atoms with E-state index in [1.807, 2.05) is 17.0 Å². The molecule has 0 bridgehead atoms. The van der Waals surface area contributed by atoms with Gasteiger partial charge in [0.15, 0.2) is 0 Å². The standard InChI is InChI=1S/C17H19BrN2OS/c18-16-7-6-15(22-16)17(21)20-12-10-19(11-13-20)9-8-14-4-2-1-3-5-14/h1-7H,8-13H2. The molecule has 0 spiro atoms. The fourth-order valence-corrected chi connectivity index (χ4v) is 4.05. The zero-order chi connectivity index (χ0) is 15.4. The van der Waals surface area contributed by atoms with Crippen molar-refractivity contribution in [2.24, 2.45) is 0 Å². The summed E-state index contributed by atoms with van der Waals surface area (Å²) in [6, 6.07) is 14.4.